The minimum Gasteiger partial charge on any atom is -0.467 e. The summed E-state index contributed by atoms with van der Waals surface area (Å²) in [5.74, 6) is 0.654. The van der Waals surface area contributed by atoms with Crippen LogP contribution >= 0.6 is 0 Å². The zero-order valence-electron chi connectivity index (χ0n) is 9.16. The molecule has 0 atom stereocenters. The number of aromatic nitrogens is 3. The minimum absolute atomic E-state index is 0.149. The number of ether oxygens (including phenoxy) is 2. The first-order valence-corrected chi connectivity index (χ1v) is 4.32. The Labute approximate surface area is 83.5 Å². The van der Waals surface area contributed by atoms with Gasteiger partial charge in [-0.1, -0.05) is 20.8 Å². The fourth-order valence-electron chi connectivity index (χ4n) is 0.856. The molecule has 0 bridgehead atoms. The van der Waals surface area contributed by atoms with Gasteiger partial charge in [0.1, 0.15) is 5.82 Å². The van der Waals surface area contributed by atoms with E-state index in [-0.39, 0.29) is 17.4 Å². The van der Waals surface area contributed by atoms with Crippen LogP contribution in [0, 0.1) is 0 Å². The van der Waals surface area contributed by atoms with E-state index in [1.54, 1.807) is 0 Å². The Morgan fingerprint density at radius 2 is 1.29 bits per heavy atom. The summed E-state index contributed by atoms with van der Waals surface area (Å²) in [6.45, 7) is 6.05. The van der Waals surface area contributed by atoms with Gasteiger partial charge in [-0.3, -0.25) is 0 Å². The van der Waals surface area contributed by atoms with Gasteiger partial charge < -0.3 is 9.47 Å². The molecular formula is C9H15N3O2. The smallest absolute Gasteiger partial charge is 0.322 e. The van der Waals surface area contributed by atoms with Gasteiger partial charge in [0.15, 0.2) is 0 Å². The van der Waals surface area contributed by atoms with E-state index in [4.69, 9.17) is 9.47 Å². The molecule has 78 valence electrons. The molecule has 1 aromatic rings. The van der Waals surface area contributed by atoms with Crippen molar-refractivity contribution in [1.82, 2.24) is 15.0 Å². The molecule has 0 spiro atoms. The third kappa shape index (κ3) is 2.31. The Hall–Kier alpha value is -1.39. The minimum atomic E-state index is -0.149. The standard InChI is InChI=1S/C9H15N3O2/c1-9(2,3)6-10-7(13-4)12-8(11-6)14-5/h1-5H3. The third-order valence-electron chi connectivity index (χ3n) is 1.63. The average Bonchev–Trinajstić information content (AvgIpc) is 2.15. The molecule has 5 heteroatoms. The second-order valence-corrected chi connectivity index (χ2v) is 3.88. The summed E-state index contributed by atoms with van der Waals surface area (Å²) < 4.78 is 9.90. The topological polar surface area (TPSA) is 57.1 Å². The molecule has 0 saturated carbocycles. The van der Waals surface area contributed by atoms with Crippen molar-refractivity contribution in [2.24, 2.45) is 0 Å². The Kier molecular flexibility index (Phi) is 2.88. The van der Waals surface area contributed by atoms with Crippen LogP contribution < -0.4 is 9.47 Å². The van der Waals surface area contributed by atoms with Gasteiger partial charge in [-0.2, -0.15) is 9.97 Å². The maximum atomic E-state index is 4.95. The zero-order valence-corrected chi connectivity index (χ0v) is 9.16. The molecule has 5 nitrogen and oxygen atoms in total. The van der Waals surface area contributed by atoms with Crippen LogP contribution in [0.25, 0.3) is 0 Å². The zero-order chi connectivity index (χ0) is 10.8. The summed E-state index contributed by atoms with van der Waals surface area (Å²) >= 11 is 0. The first-order valence-electron chi connectivity index (χ1n) is 4.32. The van der Waals surface area contributed by atoms with E-state index in [1.165, 1.54) is 14.2 Å². The van der Waals surface area contributed by atoms with E-state index in [1.807, 2.05) is 20.8 Å². The molecule has 0 N–H and O–H groups in total. The number of hydrogen-bond acceptors (Lipinski definition) is 5. The van der Waals surface area contributed by atoms with Gasteiger partial charge in [-0.05, 0) is 0 Å². The predicted molar refractivity (Wildman–Crippen MR) is 51.6 cm³/mol. The van der Waals surface area contributed by atoms with E-state index >= 15 is 0 Å². The molecular weight excluding hydrogens is 182 g/mol. The second-order valence-electron chi connectivity index (χ2n) is 3.88. The van der Waals surface area contributed by atoms with E-state index in [2.05, 4.69) is 15.0 Å². The van der Waals surface area contributed by atoms with Crippen molar-refractivity contribution < 1.29 is 9.47 Å². The monoisotopic (exact) mass is 197 g/mol. The van der Waals surface area contributed by atoms with Gasteiger partial charge in [-0.25, -0.2) is 0 Å². The van der Waals surface area contributed by atoms with Crippen molar-refractivity contribution in [3.63, 3.8) is 0 Å². The summed E-state index contributed by atoms with van der Waals surface area (Å²) in [6, 6.07) is 0.559. The first-order chi connectivity index (χ1) is 6.47. The van der Waals surface area contributed by atoms with Gasteiger partial charge >= 0.3 is 12.0 Å². The summed E-state index contributed by atoms with van der Waals surface area (Å²) in [5, 5.41) is 0. The maximum absolute atomic E-state index is 4.95. The Balaban J connectivity index is 3.17. The summed E-state index contributed by atoms with van der Waals surface area (Å²) in [7, 11) is 3.03. The summed E-state index contributed by atoms with van der Waals surface area (Å²) in [6.07, 6.45) is 0. The second kappa shape index (κ2) is 3.77. The molecule has 0 saturated heterocycles. The number of hydrogen-bond donors (Lipinski definition) is 0. The van der Waals surface area contributed by atoms with Crippen LogP contribution in [-0.2, 0) is 5.41 Å². The van der Waals surface area contributed by atoms with E-state index in [0.717, 1.165) is 0 Å². The molecule has 1 heterocycles. The molecule has 0 aromatic carbocycles. The van der Waals surface area contributed by atoms with E-state index in [9.17, 15) is 0 Å². The Bertz CT molecular complexity index is 298. The van der Waals surface area contributed by atoms with Crippen molar-refractivity contribution in [3.8, 4) is 12.0 Å². The highest BCUT2D eigenvalue weighted by molar-refractivity contribution is 5.10. The first kappa shape index (κ1) is 10.7. The van der Waals surface area contributed by atoms with Crippen LogP contribution in [0.5, 0.6) is 12.0 Å². The van der Waals surface area contributed by atoms with Crippen molar-refractivity contribution in [2.45, 2.75) is 26.2 Å². The lowest BCUT2D eigenvalue weighted by atomic mass is 9.96. The van der Waals surface area contributed by atoms with Crippen LogP contribution in [0.2, 0.25) is 0 Å². The van der Waals surface area contributed by atoms with E-state index in [0.29, 0.717) is 5.82 Å². The molecule has 1 rings (SSSR count). The van der Waals surface area contributed by atoms with Crippen LogP contribution in [0.1, 0.15) is 26.6 Å². The van der Waals surface area contributed by atoms with Crippen LogP contribution in [-0.4, -0.2) is 29.2 Å². The normalized spacial score (nSPS) is 11.2. The fraction of sp³-hybridized carbons (Fsp3) is 0.667. The molecule has 0 fully saturated rings. The Morgan fingerprint density at radius 1 is 0.857 bits per heavy atom. The van der Waals surface area contributed by atoms with Crippen LogP contribution in [0.3, 0.4) is 0 Å². The highest BCUT2D eigenvalue weighted by Crippen LogP contribution is 2.21. The van der Waals surface area contributed by atoms with Gasteiger partial charge in [0.25, 0.3) is 0 Å². The van der Waals surface area contributed by atoms with Crippen LogP contribution in [0.15, 0.2) is 0 Å². The lowest BCUT2D eigenvalue weighted by Gasteiger charge is -2.16. The molecule has 0 aliphatic rings. The third-order valence-corrected chi connectivity index (χ3v) is 1.63. The maximum Gasteiger partial charge on any atom is 0.322 e. The Morgan fingerprint density at radius 3 is 1.57 bits per heavy atom. The van der Waals surface area contributed by atoms with Crippen molar-refractivity contribution in [1.29, 1.82) is 0 Å². The fourth-order valence-corrected chi connectivity index (χ4v) is 0.856. The highest BCUT2D eigenvalue weighted by Gasteiger charge is 2.20. The number of rotatable bonds is 2. The average molecular weight is 197 g/mol. The van der Waals surface area contributed by atoms with Gasteiger partial charge in [0.05, 0.1) is 14.2 Å². The number of methoxy groups -OCH3 is 2. The van der Waals surface area contributed by atoms with Crippen molar-refractivity contribution in [3.05, 3.63) is 5.82 Å². The molecule has 0 unspecified atom stereocenters. The lowest BCUT2D eigenvalue weighted by molar-refractivity contribution is 0.329. The van der Waals surface area contributed by atoms with Gasteiger partial charge in [-0.15, -0.1) is 4.98 Å². The molecule has 14 heavy (non-hydrogen) atoms. The quantitative estimate of drug-likeness (QED) is 0.712. The molecule has 0 amide bonds. The number of nitrogens with zero attached hydrogens (tertiary/aromatic N) is 3. The predicted octanol–water partition coefficient (Wildman–Crippen LogP) is 1.19. The molecule has 0 radical (unpaired) electrons. The molecule has 0 aliphatic carbocycles. The SMILES string of the molecule is COc1nc(OC)nc(C(C)(C)C)n1. The van der Waals surface area contributed by atoms with E-state index < -0.39 is 0 Å². The largest absolute Gasteiger partial charge is 0.467 e. The van der Waals surface area contributed by atoms with Crippen molar-refractivity contribution in [2.75, 3.05) is 14.2 Å². The van der Waals surface area contributed by atoms with Gasteiger partial charge in [0, 0.05) is 5.41 Å². The molecule has 0 aliphatic heterocycles. The highest BCUT2D eigenvalue weighted by atomic mass is 16.5. The van der Waals surface area contributed by atoms with Gasteiger partial charge in [0.2, 0.25) is 0 Å². The summed E-state index contributed by atoms with van der Waals surface area (Å²) in [5.41, 5.74) is -0.149. The summed E-state index contributed by atoms with van der Waals surface area (Å²) in [4.78, 5) is 12.2. The lowest BCUT2D eigenvalue weighted by Crippen LogP contribution is -2.17. The molecule has 1 aromatic heterocycles. The van der Waals surface area contributed by atoms with Crippen LogP contribution in [0.4, 0.5) is 0 Å². The van der Waals surface area contributed by atoms with Crippen molar-refractivity contribution >= 4 is 0 Å².